The van der Waals surface area contributed by atoms with E-state index in [1.54, 1.807) is 18.3 Å². The summed E-state index contributed by atoms with van der Waals surface area (Å²) in [5.41, 5.74) is 4.20. The van der Waals surface area contributed by atoms with Crippen LogP contribution in [0.3, 0.4) is 0 Å². The Morgan fingerprint density at radius 3 is 2.52 bits per heavy atom. The van der Waals surface area contributed by atoms with E-state index < -0.39 is 0 Å². The lowest BCUT2D eigenvalue weighted by Crippen LogP contribution is -2.47. The zero-order chi connectivity index (χ0) is 18.5. The molecule has 0 N–H and O–H groups in total. The second-order valence-electron chi connectivity index (χ2n) is 6.92. The van der Waals surface area contributed by atoms with Gasteiger partial charge in [0.15, 0.2) is 5.78 Å². The zero-order valence-corrected chi connectivity index (χ0v) is 18.8. The van der Waals surface area contributed by atoms with Gasteiger partial charge in [-0.05, 0) is 63.1 Å². The maximum atomic E-state index is 11.4. The molecule has 1 saturated heterocycles. The first-order chi connectivity index (χ1) is 12.5. The number of thioether (sulfide) groups is 1. The van der Waals surface area contributed by atoms with Crippen LogP contribution in [-0.4, -0.2) is 49.2 Å². The van der Waals surface area contributed by atoms with Gasteiger partial charge >= 0.3 is 0 Å². The van der Waals surface area contributed by atoms with Crippen molar-refractivity contribution in [3.63, 3.8) is 0 Å². The number of Topliss-reactive ketones (excluding diaryl/α,β-unsaturated/α-hetero) is 1. The molecule has 27 heavy (non-hydrogen) atoms. The first-order valence-corrected chi connectivity index (χ1v) is 11.1. The quantitative estimate of drug-likeness (QED) is 0.342. The maximum Gasteiger partial charge on any atom is 0.169 e. The lowest BCUT2D eigenvalue weighted by Gasteiger charge is -2.37. The Morgan fingerprint density at radius 2 is 1.85 bits per heavy atom. The lowest BCUT2D eigenvalue weighted by molar-refractivity contribution is 0.102. The van der Waals surface area contributed by atoms with E-state index in [2.05, 4.69) is 47.9 Å². The van der Waals surface area contributed by atoms with Crippen LogP contribution >= 0.6 is 35.5 Å². The van der Waals surface area contributed by atoms with Crippen LogP contribution in [0.15, 0.2) is 34.5 Å². The fraction of sp³-hybridized carbons (Fsp3) is 0.476. The highest BCUT2D eigenvalue weighted by Gasteiger charge is 2.18. The van der Waals surface area contributed by atoms with Crippen molar-refractivity contribution in [1.82, 2.24) is 4.90 Å². The molecule has 1 aliphatic heterocycles. The number of hydrogen-bond donors (Lipinski definition) is 0. The summed E-state index contributed by atoms with van der Waals surface area (Å²) in [7, 11) is 0. The molecule has 0 unspecified atom stereocenters. The molecule has 1 aliphatic rings. The van der Waals surface area contributed by atoms with Gasteiger partial charge in [0.2, 0.25) is 0 Å². The van der Waals surface area contributed by atoms with Crippen molar-refractivity contribution in [3.05, 3.63) is 46.3 Å². The molecule has 0 aliphatic carbocycles. The first-order valence-electron chi connectivity index (χ1n) is 9.31. The highest BCUT2D eigenvalue weighted by atomic mass is 35.5. The highest BCUT2D eigenvalue weighted by Crippen LogP contribution is 2.28. The van der Waals surface area contributed by atoms with Crippen molar-refractivity contribution in [1.29, 1.82) is 0 Å². The van der Waals surface area contributed by atoms with Crippen molar-refractivity contribution in [2.24, 2.45) is 0 Å². The highest BCUT2D eigenvalue weighted by molar-refractivity contribution is 8.01. The number of aryl methyl sites for hydroxylation is 1. The molecule has 1 fully saturated rings. The van der Waals surface area contributed by atoms with Crippen molar-refractivity contribution < 1.29 is 4.79 Å². The number of anilines is 1. The largest absolute Gasteiger partial charge is 0.369 e. The molecule has 2 aromatic rings. The summed E-state index contributed by atoms with van der Waals surface area (Å²) in [6, 6.07) is 10.6. The normalized spacial score (nSPS) is 14.9. The average molecular weight is 425 g/mol. The third kappa shape index (κ3) is 5.98. The number of carbonyl (C=O) groups is 1. The number of carbonyl (C=O) groups excluding carboxylic acids is 1. The Labute approximate surface area is 177 Å². The van der Waals surface area contributed by atoms with Crippen molar-refractivity contribution >= 4 is 47.0 Å². The Morgan fingerprint density at radius 1 is 1.11 bits per heavy atom. The number of piperazine rings is 1. The van der Waals surface area contributed by atoms with Gasteiger partial charge in [-0.2, -0.15) is 0 Å². The summed E-state index contributed by atoms with van der Waals surface area (Å²) in [5, 5.41) is 0. The van der Waals surface area contributed by atoms with Gasteiger partial charge in [-0.1, -0.05) is 12.1 Å². The molecular formula is C21H29ClN2OS2. The molecule has 0 spiro atoms. The van der Waals surface area contributed by atoms with Crippen LogP contribution in [0.5, 0.6) is 0 Å². The van der Waals surface area contributed by atoms with Gasteiger partial charge in [-0.15, -0.1) is 35.5 Å². The Hall–Kier alpha value is -1.01. The molecular weight excluding hydrogens is 396 g/mol. The minimum Gasteiger partial charge on any atom is -0.369 e. The van der Waals surface area contributed by atoms with Gasteiger partial charge in [0, 0.05) is 37.6 Å². The van der Waals surface area contributed by atoms with Crippen LogP contribution in [0.1, 0.15) is 34.1 Å². The Balaban J connectivity index is 0.00000261. The SMILES string of the molecule is CC(=O)c1ccc(SCCCN2CCN(c3cccc(C)c3C)CC2)s1.Cl. The molecule has 3 nitrogen and oxygen atoms in total. The first kappa shape index (κ1) is 22.3. The van der Waals surface area contributed by atoms with E-state index in [1.165, 1.54) is 34.0 Å². The number of halogens is 1. The van der Waals surface area contributed by atoms with Crippen molar-refractivity contribution in [2.75, 3.05) is 43.4 Å². The van der Waals surface area contributed by atoms with Crippen LogP contribution in [0.2, 0.25) is 0 Å². The van der Waals surface area contributed by atoms with E-state index in [1.807, 2.05) is 17.8 Å². The van der Waals surface area contributed by atoms with Gasteiger partial charge < -0.3 is 4.90 Å². The van der Waals surface area contributed by atoms with E-state index in [-0.39, 0.29) is 18.2 Å². The molecule has 0 atom stereocenters. The summed E-state index contributed by atoms with van der Waals surface area (Å²) in [6.07, 6.45) is 1.20. The molecule has 3 rings (SSSR count). The monoisotopic (exact) mass is 424 g/mol. The van der Waals surface area contributed by atoms with Crippen LogP contribution in [0, 0.1) is 13.8 Å². The Kier molecular flexibility index (Phi) is 8.67. The van der Waals surface area contributed by atoms with Crippen molar-refractivity contribution in [2.45, 2.75) is 31.4 Å². The predicted octanol–water partition coefficient (Wildman–Crippen LogP) is 5.29. The maximum absolute atomic E-state index is 11.4. The van der Waals surface area contributed by atoms with Gasteiger partial charge in [0.05, 0.1) is 9.09 Å². The summed E-state index contributed by atoms with van der Waals surface area (Å²) in [6.45, 7) is 11.7. The van der Waals surface area contributed by atoms with E-state index in [0.717, 1.165) is 36.8 Å². The summed E-state index contributed by atoms with van der Waals surface area (Å²) in [5.74, 6) is 1.29. The number of rotatable bonds is 7. The molecule has 0 bridgehead atoms. The molecule has 0 amide bonds. The van der Waals surface area contributed by atoms with E-state index in [9.17, 15) is 4.79 Å². The van der Waals surface area contributed by atoms with E-state index in [4.69, 9.17) is 0 Å². The third-order valence-electron chi connectivity index (χ3n) is 5.08. The van der Waals surface area contributed by atoms with Crippen LogP contribution < -0.4 is 4.90 Å². The minimum atomic E-state index is 0. The second kappa shape index (κ2) is 10.5. The number of nitrogens with zero attached hydrogens (tertiary/aromatic N) is 2. The summed E-state index contributed by atoms with van der Waals surface area (Å²) >= 11 is 3.50. The van der Waals surface area contributed by atoms with Gasteiger partial charge in [0.1, 0.15) is 0 Å². The fourth-order valence-electron chi connectivity index (χ4n) is 3.34. The number of hydrogen-bond acceptors (Lipinski definition) is 5. The standard InChI is InChI=1S/C21H28N2OS2.ClH/c1-16-6-4-7-19(17(16)2)23-13-11-22(12-14-23)10-5-15-25-21-9-8-20(26-21)18(3)24;/h4,6-9H,5,10-15H2,1-3H3;1H. The predicted molar refractivity (Wildman–Crippen MR) is 121 cm³/mol. The summed E-state index contributed by atoms with van der Waals surface area (Å²) in [4.78, 5) is 17.3. The lowest BCUT2D eigenvalue weighted by atomic mass is 10.1. The smallest absolute Gasteiger partial charge is 0.169 e. The van der Waals surface area contributed by atoms with Gasteiger partial charge in [0.25, 0.3) is 0 Å². The Bertz CT molecular complexity index is 754. The molecule has 148 valence electrons. The van der Waals surface area contributed by atoms with Crippen LogP contribution in [0.4, 0.5) is 5.69 Å². The molecule has 1 aromatic carbocycles. The van der Waals surface area contributed by atoms with Crippen LogP contribution in [0.25, 0.3) is 0 Å². The molecule has 1 aromatic heterocycles. The van der Waals surface area contributed by atoms with E-state index in [0.29, 0.717) is 0 Å². The average Bonchev–Trinajstić information content (AvgIpc) is 3.11. The van der Waals surface area contributed by atoms with Gasteiger partial charge in [-0.3, -0.25) is 9.69 Å². The van der Waals surface area contributed by atoms with E-state index >= 15 is 0 Å². The number of ketones is 1. The van der Waals surface area contributed by atoms with Crippen molar-refractivity contribution in [3.8, 4) is 0 Å². The second-order valence-corrected chi connectivity index (χ2v) is 9.40. The fourth-order valence-corrected chi connectivity index (χ4v) is 5.36. The minimum absolute atomic E-state index is 0. The van der Waals surface area contributed by atoms with Crippen LogP contribution in [-0.2, 0) is 0 Å². The molecule has 0 radical (unpaired) electrons. The zero-order valence-electron chi connectivity index (χ0n) is 16.4. The van der Waals surface area contributed by atoms with Gasteiger partial charge in [-0.25, -0.2) is 0 Å². The third-order valence-corrected chi connectivity index (χ3v) is 7.58. The molecule has 0 saturated carbocycles. The molecule has 6 heteroatoms. The molecule has 2 heterocycles. The summed E-state index contributed by atoms with van der Waals surface area (Å²) < 4.78 is 1.26. The number of benzene rings is 1. The topological polar surface area (TPSA) is 23.6 Å². The number of thiophene rings is 1.